The zero-order valence-corrected chi connectivity index (χ0v) is 12.9. The molecule has 1 aliphatic rings. The topological polar surface area (TPSA) is 54.9 Å². The van der Waals surface area contributed by atoms with Crippen molar-refractivity contribution in [1.82, 2.24) is 15.3 Å². The Morgan fingerprint density at radius 3 is 2.50 bits per heavy atom. The molecule has 114 valence electrons. The lowest BCUT2D eigenvalue weighted by Gasteiger charge is -2.28. The highest BCUT2D eigenvalue weighted by molar-refractivity contribution is 5.88. The first-order valence-corrected chi connectivity index (χ1v) is 7.82. The third-order valence-electron chi connectivity index (χ3n) is 4.48. The lowest BCUT2D eigenvalue weighted by molar-refractivity contribution is -0.126. The summed E-state index contributed by atoms with van der Waals surface area (Å²) in [7, 11) is 0. The van der Waals surface area contributed by atoms with E-state index in [2.05, 4.69) is 27.4 Å². The van der Waals surface area contributed by atoms with Crippen molar-refractivity contribution < 1.29 is 4.79 Å². The van der Waals surface area contributed by atoms with Gasteiger partial charge in [0.25, 0.3) is 0 Å². The summed E-state index contributed by atoms with van der Waals surface area (Å²) in [5.74, 6) is 0.110. The van der Waals surface area contributed by atoms with Crippen LogP contribution in [0.5, 0.6) is 0 Å². The third kappa shape index (κ3) is 2.86. The van der Waals surface area contributed by atoms with E-state index in [9.17, 15) is 4.79 Å². The van der Waals surface area contributed by atoms with Crippen LogP contribution in [0, 0.1) is 6.92 Å². The number of amides is 1. The molecule has 2 aromatic rings. The highest BCUT2D eigenvalue weighted by atomic mass is 16.2. The summed E-state index contributed by atoms with van der Waals surface area (Å²) in [6.45, 7) is 2.33. The van der Waals surface area contributed by atoms with Crippen molar-refractivity contribution in [2.45, 2.75) is 44.6 Å². The number of carbonyl (C=O) groups excluding carboxylic acids is 1. The standard InChI is InChI=1S/C18H21N3O/c1-14-11-20-16(12-19-14)13-21-17(22)18(9-5-6-10-18)15-7-3-2-4-8-15/h2-4,7-8,11-12H,5-6,9-10,13H2,1H3,(H,21,22). The van der Waals surface area contributed by atoms with Gasteiger partial charge in [-0.15, -0.1) is 0 Å². The first kappa shape index (κ1) is 14.7. The molecule has 1 fully saturated rings. The molecule has 22 heavy (non-hydrogen) atoms. The Bertz CT molecular complexity index is 631. The Morgan fingerprint density at radius 2 is 1.86 bits per heavy atom. The summed E-state index contributed by atoms with van der Waals surface area (Å²) in [5.41, 5.74) is 2.42. The molecule has 4 nitrogen and oxygen atoms in total. The normalized spacial score (nSPS) is 16.4. The van der Waals surface area contributed by atoms with Crippen molar-refractivity contribution in [3.8, 4) is 0 Å². The van der Waals surface area contributed by atoms with Gasteiger partial charge in [0.1, 0.15) is 0 Å². The fourth-order valence-corrected chi connectivity index (χ4v) is 3.23. The predicted octanol–water partition coefficient (Wildman–Crippen LogP) is 2.91. The van der Waals surface area contributed by atoms with Gasteiger partial charge in [-0.2, -0.15) is 0 Å². The maximum atomic E-state index is 12.8. The molecular weight excluding hydrogens is 274 g/mol. The number of nitrogens with one attached hydrogen (secondary N) is 1. The van der Waals surface area contributed by atoms with Crippen LogP contribution in [0.25, 0.3) is 0 Å². The Balaban J connectivity index is 1.75. The summed E-state index contributed by atoms with van der Waals surface area (Å²) in [6.07, 6.45) is 7.49. The van der Waals surface area contributed by atoms with E-state index in [1.165, 1.54) is 0 Å². The summed E-state index contributed by atoms with van der Waals surface area (Å²) in [6, 6.07) is 10.1. The monoisotopic (exact) mass is 295 g/mol. The van der Waals surface area contributed by atoms with Crippen molar-refractivity contribution in [3.63, 3.8) is 0 Å². The second-order valence-corrected chi connectivity index (χ2v) is 5.99. The zero-order valence-electron chi connectivity index (χ0n) is 12.9. The first-order chi connectivity index (χ1) is 10.7. The molecule has 0 bridgehead atoms. The number of hydrogen-bond acceptors (Lipinski definition) is 3. The molecule has 3 rings (SSSR count). The number of aromatic nitrogens is 2. The number of carbonyl (C=O) groups is 1. The fourth-order valence-electron chi connectivity index (χ4n) is 3.23. The first-order valence-electron chi connectivity index (χ1n) is 7.82. The number of nitrogens with zero attached hydrogens (tertiary/aromatic N) is 2. The summed E-state index contributed by atoms with van der Waals surface area (Å²) >= 11 is 0. The molecule has 0 aliphatic heterocycles. The van der Waals surface area contributed by atoms with E-state index >= 15 is 0 Å². The van der Waals surface area contributed by atoms with E-state index in [1.54, 1.807) is 12.4 Å². The molecule has 0 unspecified atom stereocenters. The van der Waals surface area contributed by atoms with Crippen LogP contribution in [0.4, 0.5) is 0 Å². The lowest BCUT2D eigenvalue weighted by atomic mass is 9.78. The largest absolute Gasteiger partial charge is 0.350 e. The molecule has 0 saturated heterocycles. The third-order valence-corrected chi connectivity index (χ3v) is 4.48. The van der Waals surface area contributed by atoms with E-state index in [-0.39, 0.29) is 11.3 Å². The zero-order chi connectivity index (χ0) is 15.4. The van der Waals surface area contributed by atoms with E-state index < -0.39 is 0 Å². The summed E-state index contributed by atoms with van der Waals surface area (Å²) in [5, 5.41) is 3.06. The van der Waals surface area contributed by atoms with E-state index in [4.69, 9.17) is 0 Å². The van der Waals surface area contributed by atoms with Crippen LogP contribution < -0.4 is 5.32 Å². The van der Waals surface area contributed by atoms with Gasteiger partial charge in [0, 0.05) is 6.20 Å². The van der Waals surface area contributed by atoms with Crippen LogP contribution in [-0.2, 0) is 16.8 Å². The number of rotatable bonds is 4. The highest BCUT2D eigenvalue weighted by Crippen LogP contribution is 2.41. The maximum Gasteiger partial charge on any atom is 0.230 e. The number of benzene rings is 1. The maximum absolute atomic E-state index is 12.8. The van der Waals surface area contributed by atoms with Gasteiger partial charge < -0.3 is 5.32 Å². The lowest BCUT2D eigenvalue weighted by Crippen LogP contribution is -2.42. The van der Waals surface area contributed by atoms with Crippen LogP contribution in [0.15, 0.2) is 42.7 Å². The molecule has 1 amide bonds. The molecule has 4 heteroatoms. The number of hydrogen-bond donors (Lipinski definition) is 1. The van der Waals surface area contributed by atoms with Gasteiger partial charge in [-0.05, 0) is 25.3 Å². The van der Waals surface area contributed by atoms with Crippen LogP contribution in [0.1, 0.15) is 42.6 Å². The van der Waals surface area contributed by atoms with E-state index in [1.807, 2.05) is 25.1 Å². The molecular formula is C18H21N3O. The Morgan fingerprint density at radius 1 is 1.14 bits per heavy atom. The molecule has 0 radical (unpaired) electrons. The van der Waals surface area contributed by atoms with Gasteiger partial charge in [-0.3, -0.25) is 14.8 Å². The smallest absolute Gasteiger partial charge is 0.230 e. The summed E-state index contributed by atoms with van der Waals surface area (Å²) in [4.78, 5) is 21.4. The average molecular weight is 295 g/mol. The van der Waals surface area contributed by atoms with Gasteiger partial charge >= 0.3 is 0 Å². The molecule has 1 heterocycles. The van der Waals surface area contributed by atoms with Gasteiger partial charge in [-0.1, -0.05) is 43.2 Å². The quantitative estimate of drug-likeness (QED) is 0.943. The molecule has 0 spiro atoms. The van der Waals surface area contributed by atoms with E-state index in [0.717, 1.165) is 42.6 Å². The molecule has 0 atom stereocenters. The Kier molecular flexibility index (Phi) is 4.18. The van der Waals surface area contributed by atoms with Gasteiger partial charge in [0.15, 0.2) is 0 Å². The van der Waals surface area contributed by atoms with Crippen molar-refractivity contribution in [3.05, 3.63) is 59.7 Å². The molecule has 1 aromatic carbocycles. The summed E-state index contributed by atoms with van der Waals surface area (Å²) < 4.78 is 0. The number of aryl methyl sites for hydroxylation is 1. The highest BCUT2D eigenvalue weighted by Gasteiger charge is 2.42. The second-order valence-electron chi connectivity index (χ2n) is 5.99. The molecule has 1 aliphatic carbocycles. The van der Waals surface area contributed by atoms with Crippen LogP contribution >= 0.6 is 0 Å². The van der Waals surface area contributed by atoms with Gasteiger partial charge in [0.2, 0.25) is 5.91 Å². The van der Waals surface area contributed by atoms with Crippen molar-refractivity contribution in [1.29, 1.82) is 0 Å². The van der Waals surface area contributed by atoms with Crippen molar-refractivity contribution in [2.75, 3.05) is 0 Å². The molecule has 1 saturated carbocycles. The minimum atomic E-state index is -0.376. The SMILES string of the molecule is Cc1cnc(CNC(=O)C2(c3ccccc3)CCCC2)cn1. The molecule has 1 N–H and O–H groups in total. The van der Waals surface area contributed by atoms with Crippen molar-refractivity contribution >= 4 is 5.91 Å². The van der Waals surface area contributed by atoms with E-state index in [0.29, 0.717) is 6.54 Å². The molecule has 1 aromatic heterocycles. The van der Waals surface area contributed by atoms with Crippen LogP contribution in [-0.4, -0.2) is 15.9 Å². The average Bonchev–Trinajstić information content (AvgIpc) is 3.06. The second kappa shape index (κ2) is 6.26. The van der Waals surface area contributed by atoms with Gasteiger partial charge in [0.05, 0.1) is 29.5 Å². The predicted molar refractivity (Wildman–Crippen MR) is 85.2 cm³/mol. The minimum Gasteiger partial charge on any atom is -0.350 e. The van der Waals surface area contributed by atoms with Crippen LogP contribution in [0.2, 0.25) is 0 Å². The fraction of sp³-hybridized carbons (Fsp3) is 0.389. The van der Waals surface area contributed by atoms with Crippen molar-refractivity contribution in [2.24, 2.45) is 0 Å². The Hall–Kier alpha value is -2.23. The minimum absolute atomic E-state index is 0.110. The Labute approximate surface area is 131 Å². The van der Waals surface area contributed by atoms with Gasteiger partial charge in [-0.25, -0.2) is 0 Å². The van der Waals surface area contributed by atoms with Crippen LogP contribution in [0.3, 0.4) is 0 Å².